The number of nitrogens with zero attached hydrogens (tertiary/aromatic N) is 1. The van der Waals surface area contributed by atoms with Gasteiger partial charge in [0.15, 0.2) is 6.29 Å². The molecule has 0 heterocycles. The summed E-state index contributed by atoms with van der Waals surface area (Å²) in [5, 5.41) is 9.49. The molecule has 0 amide bonds. The van der Waals surface area contributed by atoms with Crippen molar-refractivity contribution in [3.05, 3.63) is 0 Å². The van der Waals surface area contributed by atoms with E-state index in [1.807, 2.05) is 0 Å². The molecule has 1 N–H and O–H groups in total. The van der Waals surface area contributed by atoms with Crippen LogP contribution in [0.5, 0.6) is 0 Å². The maximum absolute atomic E-state index is 12.4. The SMILES string of the molecule is CCCCCC#CCCOC(=O)OCCCCCN(CCO)CCCCCCOC(=O)CCC(OCCCCCCCC)OCCCCCCCC. The molecule has 0 aliphatic heterocycles. The Bertz CT molecular complexity index is 812. The van der Waals surface area contributed by atoms with E-state index in [0.717, 1.165) is 83.7 Å². The highest BCUT2D eigenvalue weighted by Crippen LogP contribution is 2.12. The maximum Gasteiger partial charge on any atom is 0.508 e. The fraction of sp³-hybridized carbons (Fsp3) is 0.907. The van der Waals surface area contributed by atoms with Gasteiger partial charge in [-0.2, -0.15) is 0 Å². The predicted octanol–water partition coefficient (Wildman–Crippen LogP) is 10.5. The van der Waals surface area contributed by atoms with Crippen LogP contribution in [0, 0.1) is 11.8 Å². The van der Waals surface area contributed by atoms with Crippen LogP contribution in [0.3, 0.4) is 0 Å². The summed E-state index contributed by atoms with van der Waals surface area (Å²) in [7, 11) is 0. The minimum atomic E-state index is -0.620. The van der Waals surface area contributed by atoms with Crippen LogP contribution in [0.1, 0.15) is 188 Å². The lowest BCUT2D eigenvalue weighted by molar-refractivity contribution is -0.159. The van der Waals surface area contributed by atoms with Gasteiger partial charge < -0.3 is 33.7 Å². The first kappa shape index (κ1) is 50.1. The van der Waals surface area contributed by atoms with E-state index in [-0.39, 0.29) is 25.5 Å². The molecule has 0 saturated carbocycles. The summed E-state index contributed by atoms with van der Waals surface area (Å²) in [6, 6.07) is 0. The van der Waals surface area contributed by atoms with E-state index in [0.29, 0.717) is 52.2 Å². The van der Waals surface area contributed by atoms with Crippen LogP contribution >= 0.6 is 0 Å². The van der Waals surface area contributed by atoms with Gasteiger partial charge >= 0.3 is 12.1 Å². The molecule has 9 heteroatoms. The van der Waals surface area contributed by atoms with Crippen molar-refractivity contribution in [1.82, 2.24) is 4.90 Å². The lowest BCUT2D eigenvalue weighted by Crippen LogP contribution is -2.29. The molecule has 0 aliphatic carbocycles. The Kier molecular flexibility index (Phi) is 40.4. The molecule has 0 aromatic carbocycles. The second-order valence-corrected chi connectivity index (χ2v) is 14.0. The number of carbonyl (C=O) groups is 2. The standard InChI is InChI=1S/C43H81NO8/c1-4-7-10-13-16-20-28-39-51-43(47)52-40-29-22-24-33-44(34-35-45)32-23-17-21-25-36-48-41(46)30-31-42(49-37-26-18-14-11-8-5-2)50-38-27-19-15-12-9-6-3/h42,45H,4-15,17-19,21-40H2,1-3H3. The Hall–Kier alpha value is -1.86. The first-order valence-electron chi connectivity index (χ1n) is 21.5. The monoisotopic (exact) mass is 740 g/mol. The summed E-state index contributed by atoms with van der Waals surface area (Å²) in [6.07, 6.45) is 26.2. The molecular weight excluding hydrogens is 658 g/mol. The minimum Gasteiger partial charge on any atom is -0.466 e. The van der Waals surface area contributed by atoms with Crippen molar-refractivity contribution in [2.24, 2.45) is 0 Å². The third kappa shape index (κ3) is 37.9. The van der Waals surface area contributed by atoms with Gasteiger partial charge in [0.25, 0.3) is 0 Å². The van der Waals surface area contributed by atoms with E-state index in [2.05, 4.69) is 37.5 Å². The molecule has 0 spiro atoms. The molecular formula is C43H81NO8. The summed E-state index contributed by atoms with van der Waals surface area (Å²) >= 11 is 0. The van der Waals surface area contributed by atoms with Crippen molar-refractivity contribution in [1.29, 1.82) is 0 Å². The molecule has 52 heavy (non-hydrogen) atoms. The van der Waals surface area contributed by atoms with Gasteiger partial charge in [0, 0.05) is 39.0 Å². The van der Waals surface area contributed by atoms with Gasteiger partial charge in [-0.15, -0.1) is 5.92 Å². The summed E-state index contributed by atoms with van der Waals surface area (Å²) < 4.78 is 27.9. The normalized spacial score (nSPS) is 11.2. The van der Waals surface area contributed by atoms with Crippen LogP contribution in [-0.4, -0.2) is 87.7 Å². The molecule has 0 radical (unpaired) electrons. The largest absolute Gasteiger partial charge is 0.508 e. The average Bonchev–Trinajstić information content (AvgIpc) is 3.14. The highest BCUT2D eigenvalue weighted by atomic mass is 16.7. The number of ether oxygens (including phenoxy) is 5. The van der Waals surface area contributed by atoms with Crippen molar-refractivity contribution in [3.63, 3.8) is 0 Å². The zero-order valence-electron chi connectivity index (χ0n) is 34.1. The molecule has 0 aromatic rings. The number of carbonyl (C=O) groups excluding carboxylic acids is 2. The third-order valence-corrected chi connectivity index (χ3v) is 9.05. The quantitative estimate of drug-likeness (QED) is 0.0285. The van der Waals surface area contributed by atoms with Crippen LogP contribution in [0.15, 0.2) is 0 Å². The Morgan fingerprint density at radius 1 is 0.519 bits per heavy atom. The number of unbranched alkanes of at least 4 members (excludes halogenated alkanes) is 18. The van der Waals surface area contributed by atoms with Crippen molar-refractivity contribution < 1.29 is 38.4 Å². The number of aliphatic hydroxyl groups excluding tert-OH is 1. The van der Waals surface area contributed by atoms with Crippen LogP contribution < -0.4 is 0 Å². The van der Waals surface area contributed by atoms with E-state index in [4.69, 9.17) is 23.7 Å². The van der Waals surface area contributed by atoms with Gasteiger partial charge in [0.05, 0.1) is 26.2 Å². The van der Waals surface area contributed by atoms with E-state index < -0.39 is 6.16 Å². The van der Waals surface area contributed by atoms with E-state index in [1.165, 1.54) is 77.0 Å². The van der Waals surface area contributed by atoms with E-state index in [1.54, 1.807) is 0 Å². The van der Waals surface area contributed by atoms with Crippen LogP contribution in [0.4, 0.5) is 4.79 Å². The number of rotatable bonds is 39. The summed E-state index contributed by atoms with van der Waals surface area (Å²) in [5.41, 5.74) is 0. The van der Waals surface area contributed by atoms with Crippen molar-refractivity contribution >= 4 is 12.1 Å². The first-order valence-corrected chi connectivity index (χ1v) is 21.5. The minimum absolute atomic E-state index is 0.142. The van der Waals surface area contributed by atoms with Crippen molar-refractivity contribution in [2.45, 2.75) is 194 Å². The third-order valence-electron chi connectivity index (χ3n) is 9.05. The Balaban J connectivity index is 4.02. The summed E-state index contributed by atoms with van der Waals surface area (Å²) in [4.78, 5) is 26.5. The topological polar surface area (TPSA) is 104 Å². The molecule has 0 aliphatic rings. The maximum atomic E-state index is 12.4. The predicted molar refractivity (Wildman–Crippen MR) is 212 cm³/mol. The highest BCUT2D eigenvalue weighted by Gasteiger charge is 2.14. The molecule has 0 unspecified atom stereocenters. The Labute approximate surface area is 320 Å². The lowest BCUT2D eigenvalue weighted by Gasteiger charge is -2.21. The van der Waals surface area contributed by atoms with E-state index in [9.17, 15) is 14.7 Å². The Morgan fingerprint density at radius 3 is 1.58 bits per heavy atom. The van der Waals surface area contributed by atoms with Crippen LogP contribution in [-0.2, 0) is 28.5 Å². The molecule has 0 aromatic heterocycles. The lowest BCUT2D eigenvalue weighted by atomic mass is 10.1. The number of hydrogen-bond donors (Lipinski definition) is 1. The molecule has 0 saturated heterocycles. The fourth-order valence-electron chi connectivity index (χ4n) is 5.81. The molecule has 0 rings (SSSR count). The smallest absolute Gasteiger partial charge is 0.466 e. The van der Waals surface area contributed by atoms with Crippen molar-refractivity contribution in [3.8, 4) is 11.8 Å². The van der Waals surface area contributed by atoms with Crippen LogP contribution in [0.2, 0.25) is 0 Å². The van der Waals surface area contributed by atoms with Gasteiger partial charge in [0.2, 0.25) is 0 Å². The summed E-state index contributed by atoms with van der Waals surface area (Å²) in [6.45, 7) is 11.7. The molecule has 9 nitrogen and oxygen atoms in total. The molecule has 0 fully saturated rings. The average molecular weight is 740 g/mol. The zero-order valence-corrected chi connectivity index (χ0v) is 34.1. The number of hydrogen-bond acceptors (Lipinski definition) is 9. The van der Waals surface area contributed by atoms with Gasteiger partial charge in [-0.05, 0) is 64.5 Å². The molecule has 306 valence electrons. The second kappa shape index (κ2) is 41.9. The fourth-order valence-corrected chi connectivity index (χ4v) is 5.81. The van der Waals surface area contributed by atoms with Gasteiger partial charge in [0.1, 0.15) is 6.61 Å². The Morgan fingerprint density at radius 2 is 0.981 bits per heavy atom. The number of esters is 1. The first-order chi connectivity index (χ1) is 25.6. The van der Waals surface area contributed by atoms with Crippen molar-refractivity contribution in [2.75, 3.05) is 59.3 Å². The van der Waals surface area contributed by atoms with Gasteiger partial charge in [-0.1, -0.05) is 117 Å². The van der Waals surface area contributed by atoms with Crippen LogP contribution in [0.25, 0.3) is 0 Å². The molecule has 0 atom stereocenters. The summed E-state index contributed by atoms with van der Waals surface area (Å²) in [5.74, 6) is 5.97. The zero-order chi connectivity index (χ0) is 38.0. The number of aliphatic hydroxyl groups is 1. The van der Waals surface area contributed by atoms with Gasteiger partial charge in [-0.25, -0.2) is 4.79 Å². The second-order valence-electron chi connectivity index (χ2n) is 14.0. The van der Waals surface area contributed by atoms with E-state index >= 15 is 0 Å². The highest BCUT2D eigenvalue weighted by molar-refractivity contribution is 5.69. The molecule has 0 bridgehead atoms. The van der Waals surface area contributed by atoms with Gasteiger partial charge in [-0.3, -0.25) is 4.79 Å².